The van der Waals surface area contributed by atoms with E-state index in [1.807, 2.05) is 20.0 Å². The smallest absolute Gasteiger partial charge is 0.135 e. The van der Waals surface area contributed by atoms with Gasteiger partial charge in [-0.3, -0.25) is 0 Å². The predicted molar refractivity (Wildman–Crippen MR) is 79.9 cm³/mol. The standard InChI is InChI=1S/C14H26N4O/c1-6-15-12-9-13(17-14(16-12)10(2)3)18(5)8-7-11(4)19/h9-11,19H,6-8H2,1-5H3,(H,15,16,17). The van der Waals surface area contributed by atoms with Gasteiger partial charge in [0.2, 0.25) is 0 Å². The van der Waals surface area contributed by atoms with Crippen LogP contribution in [0, 0.1) is 0 Å². The number of rotatable bonds is 7. The lowest BCUT2D eigenvalue weighted by molar-refractivity contribution is 0.187. The summed E-state index contributed by atoms with van der Waals surface area (Å²) in [4.78, 5) is 11.1. The molecule has 0 aliphatic heterocycles. The highest BCUT2D eigenvalue weighted by Gasteiger charge is 2.11. The van der Waals surface area contributed by atoms with Crippen LogP contribution in [-0.2, 0) is 0 Å². The van der Waals surface area contributed by atoms with Crippen molar-refractivity contribution in [3.05, 3.63) is 11.9 Å². The lowest BCUT2D eigenvalue weighted by Gasteiger charge is -2.21. The van der Waals surface area contributed by atoms with Crippen LogP contribution < -0.4 is 10.2 Å². The highest BCUT2D eigenvalue weighted by molar-refractivity contribution is 5.49. The summed E-state index contributed by atoms with van der Waals surface area (Å²) in [5.74, 6) is 2.90. The lowest BCUT2D eigenvalue weighted by atomic mass is 10.2. The van der Waals surface area contributed by atoms with Gasteiger partial charge < -0.3 is 15.3 Å². The van der Waals surface area contributed by atoms with Gasteiger partial charge in [-0.15, -0.1) is 0 Å². The zero-order valence-corrected chi connectivity index (χ0v) is 12.6. The molecule has 1 atom stereocenters. The van der Waals surface area contributed by atoms with Gasteiger partial charge >= 0.3 is 0 Å². The van der Waals surface area contributed by atoms with Crippen LogP contribution in [0.15, 0.2) is 6.07 Å². The van der Waals surface area contributed by atoms with Crippen molar-refractivity contribution in [2.24, 2.45) is 0 Å². The first-order valence-corrected chi connectivity index (χ1v) is 6.96. The Labute approximate surface area is 116 Å². The predicted octanol–water partition coefficient (Wildman–Crippen LogP) is 2.24. The summed E-state index contributed by atoms with van der Waals surface area (Å²) < 4.78 is 0. The summed E-state index contributed by atoms with van der Waals surface area (Å²) in [7, 11) is 1.99. The second-order valence-corrected chi connectivity index (χ2v) is 5.21. The van der Waals surface area contributed by atoms with E-state index in [0.717, 1.165) is 37.0 Å². The molecular weight excluding hydrogens is 240 g/mol. The average Bonchev–Trinajstić information content (AvgIpc) is 2.35. The summed E-state index contributed by atoms with van der Waals surface area (Å²) in [5, 5.41) is 12.6. The summed E-state index contributed by atoms with van der Waals surface area (Å²) >= 11 is 0. The first-order chi connectivity index (χ1) is 8.93. The Morgan fingerprint density at radius 3 is 2.53 bits per heavy atom. The molecule has 0 saturated carbocycles. The van der Waals surface area contributed by atoms with Crippen LogP contribution in [0.4, 0.5) is 11.6 Å². The normalized spacial score (nSPS) is 12.6. The third-order valence-corrected chi connectivity index (χ3v) is 2.88. The van der Waals surface area contributed by atoms with Crippen molar-refractivity contribution in [1.29, 1.82) is 0 Å². The molecule has 0 aliphatic carbocycles. The summed E-state index contributed by atoms with van der Waals surface area (Å²) in [6.07, 6.45) is 0.440. The van der Waals surface area contributed by atoms with Gasteiger partial charge in [-0.2, -0.15) is 0 Å². The molecule has 0 bridgehead atoms. The van der Waals surface area contributed by atoms with Crippen molar-refractivity contribution in [2.45, 2.75) is 46.1 Å². The number of nitrogens with one attached hydrogen (secondary N) is 1. The van der Waals surface area contributed by atoms with E-state index in [-0.39, 0.29) is 6.10 Å². The minimum Gasteiger partial charge on any atom is -0.393 e. The van der Waals surface area contributed by atoms with Gasteiger partial charge in [-0.05, 0) is 20.3 Å². The van der Waals surface area contributed by atoms with Gasteiger partial charge in [0.15, 0.2) is 0 Å². The monoisotopic (exact) mass is 266 g/mol. The maximum absolute atomic E-state index is 9.36. The molecule has 0 spiro atoms. The Bertz CT molecular complexity index is 393. The van der Waals surface area contributed by atoms with E-state index in [2.05, 4.69) is 34.0 Å². The first-order valence-electron chi connectivity index (χ1n) is 6.96. The molecule has 0 aliphatic rings. The van der Waals surface area contributed by atoms with Gasteiger partial charge in [-0.1, -0.05) is 13.8 Å². The fourth-order valence-corrected chi connectivity index (χ4v) is 1.67. The molecule has 0 aromatic carbocycles. The van der Waals surface area contributed by atoms with Crippen molar-refractivity contribution >= 4 is 11.6 Å². The van der Waals surface area contributed by atoms with Gasteiger partial charge in [0.05, 0.1) is 6.10 Å². The molecule has 0 amide bonds. The number of aromatic nitrogens is 2. The SMILES string of the molecule is CCNc1cc(N(C)CCC(C)O)nc(C(C)C)n1. The quantitative estimate of drug-likeness (QED) is 0.792. The van der Waals surface area contributed by atoms with Crippen LogP contribution in [0.5, 0.6) is 0 Å². The van der Waals surface area contributed by atoms with Gasteiger partial charge in [0.1, 0.15) is 17.5 Å². The number of aliphatic hydroxyl groups is 1. The molecule has 1 rings (SSSR count). The fourth-order valence-electron chi connectivity index (χ4n) is 1.67. The van der Waals surface area contributed by atoms with Crippen LogP contribution in [0.1, 0.15) is 45.9 Å². The summed E-state index contributed by atoms with van der Waals surface area (Å²) in [6, 6.07) is 1.96. The van der Waals surface area contributed by atoms with E-state index in [1.54, 1.807) is 6.92 Å². The number of hydrogen-bond acceptors (Lipinski definition) is 5. The largest absolute Gasteiger partial charge is 0.393 e. The van der Waals surface area contributed by atoms with Crippen molar-refractivity contribution in [3.63, 3.8) is 0 Å². The van der Waals surface area contributed by atoms with Gasteiger partial charge in [0.25, 0.3) is 0 Å². The molecule has 1 aromatic heterocycles. The van der Waals surface area contributed by atoms with E-state index in [0.29, 0.717) is 5.92 Å². The lowest BCUT2D eigenvalue weighted by Crippen LogP contribution is -2.23. The number of nitrogens with zero attached hydrogens (tertiary/aromatic N) is 3. The highest BCUT2D eigenvalue weighted by Crippen LogP contribution is 2.19. The molecule has 19 heavy (non-hydrogen) atoms. The first kappa shape index (κ1) is 15.7. The van der Waals surface area contributed by atoms with E-state index < -0.39 is 0 Å². The molecule has 2 N–H and O–H groups in total. The van der Waals surface area contributed by atoms with E-state index in [4.69, 9.17) is 0 Å². The third-order valence-electron chi connectivity index (χ3n) is 2.88. The van der Waals surface area contributed by atoms with Crippen molar-refractivity contribution < 1.29 is 5.11 Å². The zero-order valence-electron chi connectivity index (χ0n) is 12.6. The molecule has 5 nitrogen and oxygen atoms in total. The Morgan fingerprint density at radius 2 is 2.00 bits per heavy atom. The third kappa shape index (κ3) is 5.03. The number of anilines is 2. The topological polar surface area (TPSA) is 61.3 Å². The van der Waals surface area contributed by atoms with Gasteiger partial charge in [-0.25, -0.2) is 9.97 Å². The van der Waals surface area contributed by atoms with E-state index >= 15 is 0 Å². The maximum atomic E-state index is 9.36. The van der Waals surface area contributed by atoms with Crippen LogP contribution in [0.3, 0.4) is 0 Å². The van der Waals surface area contributed by atoms with Crippen LogP contribution in [0.25, 0.3) is 0 Å². The van der Waals surface area contributed by atoms with Crippen molar-refractivity contribution in [3.8, 4) is 0 Å². The van der Waals surface area contributed by atoms with Crippen molar-refractivity contribution in [2.75, 3.05) is 30.4 Å². The van der Waals surface area contributed by atoms with Crippen molar-refractivity contribution in [1.82, 2.24) is 9.97 Å². The molecule has 1 heterocycles. The Hall–Kier alpha value is -1.36. The number of aliphatic hydroxyl groups excluding tert-OH is 1. The van der Waals surface area contributed by atoms with E-state index in [1.165, 1.54) is 0 Å². The van der Waals surface area contributed by atoms with Crippen LogP contribution in [0.2, 0.25) is 0 Å². The van der Waals surface area contributed by atoms with Crippen LogP contribution >= 0.6 is 0 Å². The molecule has 1 aromatic rings. The molecular formula is C14H26N4O. The minimum absolute atomic E-state index is 0.290. The van der Waals surface area contributed by atoms with Gasteiger partial charge in [0, 0.05) is 32.1 Å². The second-order valence-electron chi connectivity index (χ2n) is 5.21. The summed E-state index contributed by atoms with van der Waals surface area (Å²) in [5.41, 5.74) is 0. The minimum atomic E-state index is -0.290. The molecule has 0 saturated heterocycles. The van der Waals surface area contributed by atoms with Crippen LogP contribution in [-0.4, -0.2) is 41.3 Å². The fraction of sp³-hybridized carbons (Fsp3) is 0.714. The maximum Gasteiger partial charge on any atom is 0.135 e. The van der Waals surface area contributed by atoms with E-state index in [9.17, 15) is 5.11 Å². The molecule has 108 valence electrons. The molecule has 0 fully saturated rings. The Kier molecular flexibility index (Phi) is 6.02. The Balaban J connectivity index is 2.91. The summed E-state index contributed by atoms with van der Waals surface area (Å²) in [6.45, 7) is 9.64. The highest BCUT2D eigenvalue weighted by atomic mass is 16.3. The Morgan fingerprint density at radius 1 is 1.32 bits per heavy atom. The molecule has 5 heteroatoms. The zero-order chi connectivity index (χ0) is 14.4. The second kappa shape index (κ2) is 7.28. The number of hydrogen-bond donors (Lipinski definition) is 2. The molecule has 0 radical (unpaired) electrons. The molecule has 1 unspecified atom stereocenters. The average molecular weight is 266 g/mol.